The van der Waals surface area contributed by atoms with Crippen LogP contribution in [0.4, 0.5) is 5.69 Å². The highest BCUT2D eigenvalue weighted by Gasteiger charge is 2.08. The van der Waals surface area contributed by atoms with Gasteiger partial charge in [-0.05, 0) is 12.1 Å². The lowest BCUT2D eigenvalue weighted by molar-refractivity contribution is 0.712. The van der Waals surface area contributed by atoms with Gasteiger partial charge in [-0.2, -0.15) is 5.26 Å². The summed E-state index contributed by atoms with van der Waals surface area (Å²) in [6.07, 6.45) is 1.87. The van der Waals surface area contributed by atoms with Crippen molar-refractivity contribution in [1.29, 1.82) is 5.26 Å². The van der Waals surface area contributed by atoms with Crippen LogP contribution >= 0.6 is 0 Å². The van der Waals surface area contributed by atoms with Crippen molar-refractivity contribution in [1.82, 2.24) is 15.0 Å². The molecule has 1 aromatic carbocycles. The maximum absolute atomic E-state index is 9.03. The quantitative estimate of drug-likeness (QED) is 0.793. The smallest absolute Gasteiger partial charge is 0.102 e. The lowest BCUT2D eigenvalue weighted by Gasteiger charge is -2.18. The molecule has 0 amide bonds. The molecule has 0 radical (unpaired) electrons. The number of benzene rings is 1. The lowest BCUT2D eigenvalue weighted by atomic mass is 10.2. The van der Waals surface area contributed by atoms with Gasteiger partial charge in [-0.1, -0.05) is 17.3 Å². The van der Waals surface area contributed by atoms with Crippen LogP contribution in [0.2, 0.25) is 0 Å². The largest absolute Gasteiger partial charge is 0.367 e. The fraction of sp³-hybridized carbons (Fsp3) is 0.250. The van der Waals surface area contributed by atoms with E-state index in [1.165, 1.54) is 0 Å². The fourth-order valence-corrected chi connectivity index (χ4v) is 1.70. The Labute approximate surface area is 99.9 Å². The average molecular weight is 227 g/mol. The van der Waals surface area contributed by atoms with Gasteiger partial charge < -0.3 is 4.90 Å². The Bertz CT molecular complexity index is 552. The van der Waals surface area contributed by atoms with Gasteiger partial charge in [0.15, 0.2) is 0 Å². The number of hydrogen-bond acceptors (Lipinski definition) is 4. The first kappa shape index (κ1) is 11.1. The van der Waals surface area contributed by atoms with Gasteiger partial charge in [0, 0.05) is 20.3 Å². The van der Waals surface area contributed by atoms with Gasteiger partial charge in [0.25, 0.3) is 0 Å². The molecule has 2 aromatic rings. The third kappa shape index (κ3) is 2.42. The van der Waals surface area contributed by atoms with Crippen molar-refractivity contribution in [3.8, 4) is 6.07 Å². The maximum Gasteiger partial charge on any atom is 0.102 e. The van der Waals surface area contributed by atoms with Gasteiger partial charge in [-0.3, -0.25) is 4.68 Å². The van der Waals surface area contributed by atoms with E-state index in [0.717, 1.165) is 11.4 Å². The third-order valence-electron chi connectivity index (χ3n) is 2.49. The van der Waals surface area contributed by atoms with Crippen molar-refractivity contribution < 1.29 is 0 Å². The first-order chi connectivity index (χ1) is 8.20. The minimum atomic E-state index is 0.631. The third-order valence-corrected chi connectivity index (χ3v) is 2.49. The molecule has 1 heterocycles. The Morgan fingerprint density at radius 2 is 2.18 bits per heavy atom. The van der Waals surface area contributed by atoms with Crippen LogP contribution in [0, 0.1) is 11.3 Å². The number of aryl methyl sites for hydroxylation is 1. The summed E-state index contributed by atoms with van der Waals surface area (Å²) < 4.78 is 1.67. The number of nitriles is 1. The highest BCUT2D eigenvalue weighted by atomic mass is 15.4. The Hall–Kier alpha value is -2.35. The Morgan fingerprint density at radius 3 is 2.82 bits per heavy atom. The number of anilines is 1. The van der Waals surface area contributed by atoms with Gasteiger partial charge in [-0.15, -0.1) is 5.10 Å². The van der Waals surface area contributed by atoms with Crippen molar-refractivity contribution in [2.45, 2.75) is 6.54 Å². The van der Waals surface area contributed by atoms with Gasteiger partial charge >= 0.3 is 0 Å². The molecule has 0 saturated carbocycles. The van der Waals surface area contributed by atoms with E-state index in [-0.39, 0.29) is 0 Å². The topological polar surface area (TPSA) is 57.7 Å². The molecule has 0 aliphatic carbocycles. The zero-order valence-electron chi connectivity index (χ0n) is 9.83. The monoisotopic (exact) mass is 227 g/mol. The van der Waals surface area contributed by atoms with E-state index in [2.05, 4.69) is 16.4 Å². The minimum Gasteiger partial charge on any atom is -0.367 e. The molecule has 0 aliphatic heterocycles. The summed E-state index contributed by atoms with van der Waals surface area (Å²) in [6, 6.07) is 9.70. The Balaban J connectivity index is 2.20. The van der Waals surface area contributed by atoms with Gasteiger partial charge in [0.2, 0.25) is 0 Å². The average Bonchev–Trinajstić information content (AvgIpc) is 2.74. The van der Waals surface area contributed by atoms with Gasteiger partial charge in [-0.25, -0.2) is 0 Å². The second kappa shape index (κ2) is 4.66. The number of nitrogens with zero attached hydrogens (tertiary/aromatic N) is 5. The zero-order chi connectivity index (χ0) is 12.3. The predicted molar refractivity (Wildman–Crippen MR) is 64.3 cm³/mol. The summed E-state index contributed by atoms with van der Waals surface area (Å²) in [4.78, 5) is 1.99. The first-order valence-electron chi connectivity index (χ1n) is 5.26. The maximum atomic E-state index is 9.03. The van der Waals surface area contributed by atoms with Crippen LogP contribution in [-0.4, -0.2) is 22.0 Å². The molecule has 0 spiro atoms. The number of para-hydroxylation sites is 1. The Kier molecular flexibility index (Phi) is 3.06. The van der Waals surface area contributed by atoms with Crippen molar-refractivity contribution in [2.75, 3.05) is 11.9 Å². The second-order valence-electron chi connectivity index (χ2n) is 3.87. The molecule has 0 aliphatic rings. The SMILES string of the molecule is CN(Cc1cn(C)nn1)c1ccccc1C#N. The zero-order valence-corrected chi connectivity index (χ0v) is 9.83. The molecule has 86 valence electrons. The van der Waals surface area contributed by atoms with Crippen LogP contribution in [0.25, 0.3) is 0 Å². The molecule has 0 N–H and O–H groups in total. The normalized spacial score (nSPS) is 9.94. The molecular weight excluding hydrogens is 214 g/mol. The van der Waals surface area contributed by atoms with Crippen LogP contribution in [0.3, 0.4) is 0 Å². The van der Waals surface area contributed by atoms with Crippen molar-refractivity contribution in [3.63, 3.8) is 0 Å². The molecule has 0 atom stereocenters. The minimum absolute atomic E-state index is 0.631. The standard InChI is InChI=1S/C12H13N5/c1-16(8-11-9-17(2)15-14-11)12-6-4-3-5-10(12)7-13/h3-6,9H,8H2,1-2H3. The highest BCUT2D eigenvalue weighted by molar-refractivity contribution is 5.58. The van der Waals surface area contributed by atoms with E-state index in [9.17, 15) is 0 Å². The highest BCUT2D eigenvalue weighted by Crippen LogP contribution is 2.19. The molecule has 5 nitrogen and oxygen atoms in total. The molecule has 17 heavy (non-hydrogen) atoms. The summed E-state index contributed by atoms with van der Waals surface area (Å²) in [6.45, 7) is 0.631. The summed E-state index contributed by atoms with van der Waals surface area (Å²) in [5.74, 6) is 0. The van der Waals surface area contributed by atoms with Crippen LogP contribution < -0.4 is 4.90 Å². The van der Waals surface area contributed by atoms with Gasteiger partial charge in [0.05, 0.1) is 17.8 Å². The van der Waals surface area contributed by atoms with Crippen molar-refractivity contribution in [3.05, 3.63) is 41.7 Å². The number of aromatic nitrogens is 3. The lowest BCUT2D eigenvalue weighted by Crippen LogP contribution is -2.17. The van der Waals surface area contributed by atoms with E-state index in [1.54, 1.807) is 4.68 Å². The van der Waals surface area contributed by atoms with E-state index in [1.807, 2.05) is 49.5 Å². The molecule has 5 heteroatoms. The van der Waals surface area contributed by atoms with Crippen LogP contribution in [0.1, 0.15) is 11.3 Å². The number of hydrogen-bond donors (Lipinski definition) is 0. The summed E-state index contributed by atoms with van der Waals surface area (Å²) in [5.41, 5.74) is 2.45. The van der Waals surface area contributed by atoms with E-state index in [0.29, 0.717) is 12.1 Å². The molecule has 2 rings (SSSR count). The van der Waals surface area contributed by atoms with Crippen molar-refractivity contribution >= 4 is 5.69 Å². The van der Waals surface area contributed by atoms with Crippen LogP contribution in [0.15, 0.2) is 30.5 Å². The predicted octanol–water partition coefficient (Wildman–Crippen LogP) is 1.32. The molecule has 1 aromatic heterocycles. The van der Waals surface area contributed by atoms with E-state index in [4.69, 9.17) is 5.26 Å². The second-order valence-corrected chi connectivity index (χ2v) is 3.87. The molecule has 0 bridgehead atoms. The van der Waals surface area contributed by atoms with Crippen LogP contribution in [0.5, 0.6) is 0 Å². The van der Waals surface area contributed by atoms with Crippen LogP contribution in [-0.2, 0) is 13.6 Å². The molecule has 0 fully saturated rings. The van der Waals surface area contributed by atoms with Crippen molar-refractivity contribution in [2.24, 2.45) is 7.05 Å². The number of rotatable bonds is 3. The molecular formula is C12H13N5. The molecule has 0 saturated heterocycles. The Morgan fingerprint density at radius 1 is 1.41 bits per heavy atom. The fourth-order valence-electron chi connectivity index (χ4n) is 1.70. The summed E-state index contributed by atoms with van der Waals surface area (Å²) in [5, 5.41) is 16.9. The molecule has 0 unspecified atom stereocenters. The summed E-state index contributed by atoms with van der Waals surface area (Å²) >= 11 is 0. The van der Waals surface area contributed by atoms with Gasteiger partial charge in [0.1, 0.15) is 11.8 Å². The first-order valence-corrected chi connectivity index (χ1v) is 5.26. The van der Waals surface area contributed by atoms with E-state index >= 15 is 0 Å². The summed E-state index contributed by atoms with van der Waals surface area (Å²) in [7, 11) is 3.77. The van der Waals surface area contributed by atoms with E-state index < -0.39 is 0 Å².